The number of rotatable bonds is 7. The van der Waals surface area contributed by atoms with Gasteiger partial charge in [-0.25, -0.2) is 4.98 Å². The highest BCUT2D eigenvalue weighted by Crippen LogP contribution is 2.14. The number of hydrogen-bond acceptors (Lipinski definition) is 4. The Hall–Kier alpha value is -1.88. The van der Waals surface area contributed by atoms with E-state index in [2.05, 4.69) is 17.2 Å². The summed E-state index contributed by atoms with van der Waals surface area (Å²) >= 11 is 1.67. The summed E-state index contributed by atoms with van der Waals surface area (Å²) in [4.78, 5) is 20.0. The summed E-state index contributed by atoms with van der Waals surface area (Å²) in [7, 11) is 0. The molecule has 2 aromatic heterocycles. The van der Waals surface area contributed by atoms with Gasteiger partial charge in [0, 0.05) is 18.0 Å². The van der Waals surface area contributed by atoms with Gasteiger partial charge < -0.3 is 10.2 Å². The van der Waals surface area contributed by atoms with Gasteiger partial charge in [0.1, 0.15) is 11.5 Å². The summed E-state index contributed by atoms with van der Waals surface area (Å²) in [6.45, 7) is 6.26. The third kappa shape index (κ3) is 4.29. The fourth-order valence-electron chi connectivity index (χ4n) is 1.99. The maximum absolute atomic E-state index is 12.6. The minimum Gasteiger partial charge on any atom is -0.370 e. The Kier molecular flexibility index (Phi) is 5.75. The molecule has 0 saturated carbocycles. The molecule has 112 valence electrons. The summed E-state index contributed by atoms with van der Waals surface area (Å²) in [5.74, 6) is 0.737. The van der Waals surface area contributed by atoms with Gasteiger partial charge in [-0.1, -0.05) is 19.1 Å². The van der Waals surface area contributed by atoms with Gasteiger partial charge in [-0.3, -0.25) is 4.79 Å². The summed E-state index contributed by atoms with van der Waals surface area (Å²) in [5.41, 5.74) is 0.495. The van der Waals surface area contributed by atoms with Crippen molar-refractivity contribution in [3.05, 3.63) is 46.3 Å². The van der Waals surface area contributed by atoms with E-state index >= 15 is 0 Å². The highest BCUT2D eigenvalue weighted by atomic mass is 32.1. The van der Waals surface area contributed by atoms with Crippen LogP contribution in [0.3, 0.4) is 0 Å². The van der Waals surface area contributed by atoms with Crippen LogP contribution in [0, 0.1) is 0 Å². The van der Waals surface area contributed by atoms with Crippen LogP contribution in [-0.2, 0) is 6.54 Å². The molecule has 0 fully saturated rings. The van der Waals surface area contributed by atoms with Gasteiger partial charge in [0.25, 0.3) is 5.91 Å². The van der Waals surface area contributed by atoms with Gasteiger partial charge >= 0.3 is 0 Å². The zero-order chi connectivity index (χ0) is 15.1. The molecular weight excluding hydrogens is 282 g/mol. The standard InChI is InChI=1S/C16H21N3OS/c1-3-10-17-15-9-5-8-14(18-15)16(20)19(4-2)12-13-7-6-11-21-13/h5-9,11H,3-4,10,12H2,1-2H3,(H,17,18). The first-order valence-corrected chi connectivity index (χ1v) is 8.15. The van der Waals surface area contributed by atoms with E-state index in [1.165, 1.54) is 4.88 Å². The molecule has 0 aliphatic carbocycles. The molecule has 4 nitrogen and oxygen atoms in total. The molecule has 0 aliphatic heterocycles. The Morgan fingerprint density at radius 3 is 2.81 bits per heavy atom. The number of nitrogens with zero attached hydrogens (tertiary/aromatic N) is 2. The van der Waals surface area contributed by atoms with E-state index in [0.29, 0.717) is 18.8 Å². The molecule has 21 heavy (non-hydrogen) atoms. The lowest BCUT2D eigenvalue weighted by atomic mass is 10.3. The minimum atomic E-state index is -0.0222. The number of thiophene rings is 1. The number of anilines is 1. The number of hydrogen-bond donors (Lipinski definition) is 1. The number of aromatic nitrogens is 1. The number of carbonyl (C=O) groups excluding carboxylic acids is 1. The predicted molar refractivity (Wildman–Crippen MR) is 87.8 cm³/mol. The molecule has 0 aromatic carbocycles. The van der Waals surface area contributed by atoms with Crippen molar-refractivity contribution in [3.63, 3.8) is 0 Å². The normalized spacial score (nSPS) is 10.4. The van der Waals surface area contributed by atoms with E-state index in [4.69, 9.17) is 0 Å². The van der Waals surface area contributed by atoms with E-state index < -0.39 is 0 Å². The van der Waals surface area contributed by atoms with Crippen LogP contribution >= 0.6 is 11.3 Å². The summed E-state index contributed by atoms with van der Waals surface area (Å²) in [5, 5.41) is 5.24. The third-order valence-electron chi connectivity index (χ3n) is 3.12. The first-order chi connectivity index (χ1) is 10.2. The Balaban J connectivity index is 2.09. The van der Waals surface area contributed by atoms with Crippen LogP contribution in [-0.4, -0.2) is 28.9 Å². The minimum absolute atomic E-state index is 0.0222. The second kappa shape index (κ2) is 7.78. The van der Waals surface area contributed by atoms with Gasteiger partial charge in [0.2, 0.25) is 0 Å². The molecule has 1 N–H and O–H groups in total. The van der Waals surface area contributed by atoms with Crippen LogP contribution in [0.15, 0.2) is 35.7 Å². The van der Waals surface area contributed by atoms with Crippen LogP contribution in [0.2, 0.25) is 0 Å². The lowest BCUT2D eigenvalue weighted by molar-refractivity contribution is 0.0748. The van der Waals surface area contributed by atoms with Crippen LogP contribution < -0.4 is 5.32 Å². The van der Waals surface area contributed by atoms with Crippen molar-refractivity contribution in [3.8, 4) is 0 Å². The first kappa shape index (κ1) is 15.5. The molecule has 0 saturated heterocycles. The fourth-order valence-corrected chi connectivity index (χ4v) is 2.70. The number of carbonyl (C=O) groups is 1. The summed E-state index contributed by atoms with van der Waals surface area (Å²) < 4.78 is 0. The van der Waals surface area contributed by atoms with E-state index in [-0.39, 0.29) is 5.91 Å². The molecule has 0 bridgehead atoms. The van der Waals surface area contributed by atoms with Crippen molar-refractivity contribution < 1.29 is 4.79 Å². The molecule has 0 spiro atoms. The molecule has 2 aromatic rings. The van der Waals surface area contributed by atoms with E-state index in [1.54, 1.807) is 17.4 Å². The average Bonchev–Trinajstić information content (AvgIpc) is 3.03. The smallest absolute Gasteiger partial charge is 0.272 e. The van der Waals surface area contributed by atoms with Gasteiger partial charge in [-0.15, -0.1) is 11.3 Å². The Morgan fingerprint density at radius 2 is 2.14 bits per heavy atom. The number of nitrogens with one attached hydrogen (secondary N) is 1. The lowest BCUT2D eigenvalue weighted by Crippen LogP contribution is -2.30. The highest BCUT2D eigenvalue weighted by molar-refractivity contribution is 7.09. The zero-order valence-electron chi connectivity index (χ0n) is 12.5. The van der Waals surface area contributed by atoms with Crippen LogP contribution in [0.5, 0.6) is 0 Å². The van der Waals surface area contributed by atoms with Crippen molar-refractivity contribution in [2.75, 3.05) is 18.4 Å². The van der Waals surface area contributed by atoms with Crippen molar-refractivity contribution in [2.24, 2.45) is 0 Å². The van der Waals surface area contributed by atoms with E-state index in [1.807, 2.05) is 41.5 Å². The lowest BCUT2D eigenvalue weighted by Gasteiger charge is -2.20. The maximum Gasteiger partial charge on any atom is 0.272 e. The largest absolute Gasteiger partial charge is 0.370 e. The summed E-state index contributed by atoms with van der Waals surface area (Å²) in [6, 6.07) is 9.59. The Morgan fingerprint density at radius 1 is 1.29 bits per heavy atom. The SMILES string of the molecule is CCCNc1cccc(C(=O)N(CC)Cc2cccs2)n1. The second-order valence-corrected chi connectivity index (χ2v) is 5.77. The zero-order valence-corrected chi connectivity index (χ0v) is 13.3. The van der Waals surface area contributed by atoms with Gasteiger partial charge in [-0.2, -0.15) is 0 Å². The molecule has 0 radical (unpaired) electrons. The Bertz CT molecular complexity index is 569. The molecule has 2 rings (SSSR count). The monoisotopic (exact) mass is 303 g/mol. The van der Waals surface area contributed by atoms with Crippen LogP contribution in [0.1, 0.15) is 35.6 Å². The average molecular weight is 303 g/mol. The van der Waals surface area contributed by atoms with Crippen molar-refractivity contribution in [1.29, 1.82) is 0 Å². The van der Waals surface area contributed by atoms with Gasteiger partial charge in [0.15, 0.2) is 0 Å². The van der Waals surface area contributed by atoms with Crippen molar-refractivity contribution in [2.45, 2.75) is 26.8 Å². The van der Waals surface area contributed by atoms with Gasteiger partial charge in [-0.05, 0) is 36.9 Å². The Labute approximate surface area is 129 Å². The molecule has 0 atom stereocenters. The van der Waals surface area contributed by atoms with E-state index in [9.17, 15) is 4.79 Å². The van der Waals surface area contributed by atoms with Crippen molar-refractivity contribution >= 4 is 23.1 Å². The van der Waals surface area contributed by atoms with Crippen LogP contribution in [0.25, 0.3) is 0 Å². The van der Waals surface area contributed by atoms with Crippen LogP contribution in [0.4, 0.5) is 5.82 Å². The highest BCUT2D eigenvalue weighted by Gasteiger charge is 2.16. The molecule has 0 aliphatic rings. The quantitative estimate of drug-likeness (QED) is 0.849. The number of pyridine rings is 1. The predicted octanol–water partition coefficient (Wildman–Crippen LogP) is 3.63. The van der Waals surface area contributed by atoms with E-state index in [0.717, 1.165) is 18.8 Å². The topological polar surface area (TPSA) is 45.2 Å². The second-order valence-electron chi connectivity index (χ2n) is 4.73. The first-order valence-electron chi connectivity index (χ1n) is 7.27. The summed E-state index contributed by atoms with van der Waals surface area (Å²) in [6.07, 6.45) is 1.03. The molecule has 1 amide bonds. The molecule has 2 heterocycles. The molecule has 5 heteroatoms. The van der Waals surface area contributed by atoms with Gasteiger partial charge in [0.05, 0.1) is 6.54 Å². The third-order valence-corrected chi connectivity index (χ3v) is 3.98. The molecular formula is C16H21N3OS. The molecule has 0 unspecified atom stereocenters. The number of amides is 1. The fraction of sp³-hybridized carbons (Fsp3) is 0.375. The maximum atomic E-state index is 12.6. The van der Waals surface area contributed by atoms with Crippen molar-refractivity contribution in [1.82, 2.24) is 9.88 Å².